The number of hydrogen-bond donors (Lipinski definition) is 0. The third-order valence-electron chi connectivity index (χ3n) is 6.01. The minimum absolute atomic E-state index is 0. The van der Waals surface area contributed by atoms with Crippen LogP contribution < -0.4 is 48.0 Å². The Kier molecular flexibility index (Phi) is 26.2. The van der Waals surface area contributed by atoms with Crippen LogP contribution >= 0.6 is 0 Å². The lowest BCUT2D eigenvalue weighted by Gasteiger charge is -2.32. The third kappa shape index (κ3) is 23.7. The summed E-state index contributed by atoms with van der Waals surface area (Å²) in [7, 11) is 9.73. The molecular weight excluding hydrogens is 570 g/mol. The Morgan fingerprint density at radius 3 is 0.857 bits per heavy atom. The highest BCUT2D eigenvalue weighted by molar-refractivity contribution is 4.47. The lowest BCUT2D eigenvalue weighted by molar-refractivity contribution is -0.897. The SMILES string of the molecule is CCCCCCCC[N+](C)(C)CCCC[N+](C)(C)CCCCCCCC.[I-].[I-]. The van der Waals surface area contributed by atoms with Gasteiger partial charge in [-0.2, -0.15) is 0 Å². The molecule has 0 bridgehead atoms. The van der Waals surface area contributed by atoms with E-state index in [0.29, 0.717) is 0 Å². The van der Waals surface area contributed by atoms with Gasteiger partial charge < -0.3 is 56.9 Å². The molecule has 0 aromatic rings. The first-order chi connectivity index (χ1) is 12.3. The van der Waals surface area contributed by atoms with Gasteiger partial charge in [0.2, 0.25) is 0 Å². The van der Waals surface area contributed by atoms with E-state index in [4.69, 9.17) is 0 Å². The maximum absolute atomic E-state index is 2.43. The number of unbranched alkanes of at least 4 members (excludes halogenated alkanes) is 11. The molecule has 0 saturated heterocycles. The van der Waals surface area contributed by atoms with Crippen LogP contribution in [-0.2, 0) is 0 Å². The summed E-state index contributed by atoms with van der Waals surface area (Å²) >= 11 is 0. The third-order valence-corrected chi connectivity index (χ3v) is 6.01. The number of quaternary nitrogens is 2. The van der Waals surface area contributed by atoms with Crippen molar-refractivity contribution in [1.29, 1.82) is 0 Å². The molecule has 0 aliphatic rings. The molecule has 0 fully saturated rings. The van der Waals surface area contributed by atoms with Crippen LogP contribution in [0.1, 0.15) is 104 Å². The van der Waals surface area contributed by atoms with Crippen LogP contribution in [0.5, 0.6) is 0 Å². The maximum Gasteiger partial charge on any atom is 0.0784 e. The highest BCUT2D eigenvalue weighted by atomic mass is 127. The first-order valence-electron chi connectivity index (χ1n) is 12.0. The Labute approximate surface area is 213 Å². The fourth-order valence-corrected chi connectivity index (χ4v) is 3.94. The van der Waals surface area contributed by atoms with Crippen molar-refractivity contribution >= 4 is 0 Å². The molecule has 0 atom stereocenters. The molecule has 0 unspecified atom stereocenters. The van der Waals surface area contributed by atoms with Crippen LogP contribution in [0.4, 0.5) is 0 Å². The Hall–Kier alpha value is 1.38. The maximum atomic E-state index is 2.43. The van der Waals surface area contributed by atoms with Gasteiger partial charge >= 0.3 is 0 Å². The predicted molar refractivity (Wildman–Crippen MR) is 120 cm³/mol. The van der Waals surface area contributed by atoms with Crippen LogP contribution in [0.3, 0.4) is 0 Å². The molecule has 2 nitrogen and oxygen atoms in total. The molecule has 0 rings (SSSR count). The number of hydrogen-bond acceptors (Lipinski definition) is 0. The van der Waals surface area contributed by atoms with Crippen molar-refractivity contribution in [2.45, 2.75) is 104 Å². The zero-order valence-corrected chi connectivity index (χ0v) is 24.7. The van der Waals surface area contributed by atoms with Gasteiger partial charge in [0.05, 0.1) is 54.4 Å². The molecule has 0 aliphatic carbocycles. The molecule has 0 aromatic carbocycles. The van der Waals surface area contributed by atoms with E-state index in [1.165, 1.54) is 125 Å². The van der Waals surface area contributed by atoms with Gasteiger partial charge in [0.15, 0.2) is 0 Å². The standard InChI is InChI=1S/C24H54N2.2HI/c1-7-9-11-13-15-17-21-25(3,4)23-19-20-24-26(5,6)22-18-16-14-12-10-8-2;;/h7-24H2,1-6H3;2*1H/q+2;;/p-2. The average molecular weight is 625 g/mol. The van der Waals surface area contributed by atoms with Crippen LogP contribution in [0.15, 0.2) is 0 Å². The molecule has 0 aliphatic heterocycles. The second-order valence-corrected chi connectivity index (χ2v) is 10.0. The van der Waals surface area contributed by atoms with Gasteiger partial charge in [-0.1, -0.05) is 65.2 Å². The average Bonchev–Trinajstić information content (AvgIpc) is 2.58. The predicted octanol–water partition coefficient (Wildman–Crippen LogP) is 0.648. The lowest BCUT2D eigenvalue weighted by Crippen LogP contribution is -3.00. The van der Waals surface area contributed by atoms with E-state index in [2.05, 4.69) is 42.0 Å². The van der Waals surface area contributed by atoms with Gasteiger partial charge in [0, 0.05) is 12.8 Å². The van der Waals surface area contributed by atoms with Gasteiger partial charge in [0.1, 0.15) is 0 Å². The van der Waals surface area contributed by atoms with E-state index in [0.717, 1.165) is 0 Å². The first kappa shape index (κ1) is 34.0. The molecule has 0 saturated carbocycles. The quantitative estimate of drug-likeness (QED) is 0.113. The van der Waals surface area contributed by atoms with E-state index in [-0.39, 0.29) is 48.0 Å². The summed E-state index contributed by atoms with van der Waals surface area (Å²) in [5.74, 6) is 0. The normalized spacial score (nSPS) is 11.8. The van der Waals surface area contributed by atoms with Crippen LogP contribution in [-0.4, -0.2) is 63.3 Å². The van der Waals surface area contributed by atoms with Crippen molar-refractivity contribution < 1.29 is 56.9 Å². The second kappa shape index (κ2) is 21.6. The summed E-state index contributed by atoms with van der Waals surface area (Å²) in [5, 5.41) is 0. The minimum atomic E-state index is 0. The summed E-state index contributed by atoms with van der Waals surface area (Å²) < 4.78 is 2.44. The monoisotopic (exact) mass is 624 g/mol. The summed E-state index contributed by atoms with van der Waals surface area (Å²) in [6.07, 6.45) is 19.8. The molecule has 0 aromatic heterocycles. The van der Waals surface area contributed by atoms with E-state index in [1.807, 2.05) is 0 Å². The minimum Gasteiger partial charge on any atom is -1.00 e. The Bertz CT molecular complexity index is 277. The Balaban J connectivity index is -0.00000312. The highest BCUT2D eigenvalue weighted by Crippen LogP contribution is 2.12. The van der Waals surface area contributed by atoms with Gasteiger partial charge in [-0.3, -0.25) is 0 Å². The van der Waals surface area contributed by atoms with E-state index in [1.54, 1.807) is 0 Å². The number of halogens is 2. The van der Waals surface area contributed by atoms with Crippen molar-refractivity contribution in [3.05, 3.63) is 0 Å². The van der Waals surface area contributed by atoms with Crippen LogP contribution in [0, 0.1) is 0 Å². The summed E-state index contributed by atoms with van der Waals surface area (Å²) in [6.45, 7) is 10.0. The Morgan fingerprint density at radius 2 is 0.571 bits per heavy atom. The molecule has 0 spiro atoms. The van der Waals surface area contributed by atoms with Gasteiger partial charge in [-0.25, -0.2) is 0 Å². The molecule has 28 heavy (non-hydrogen) atoms. The van der Waals surface area contributed by atoms with Gasteiger partial charge in [-0.05, 0) is 25.7 Å². The fourth-order valence-electron chi connectivity index (χ4n) is 3.94. The zero-order chi connectivity index (χ0) is 19.7. The summed E-state index contributed by atoms with van der Waals surface area (Å²) in [6, 6.07) is 0. The van der Waals surface area contributed by atoms with Crippen molar-refractivity contribution in [2.75, 3.05) is 54.4 Å². The van der Waals surface area contributed by atoms with E-state index >= 15 is 0 Å². The summed E-state index contributed by atoms with van der Waals surface area (Å²) in [5.41, 5.74) is 0. The molecule has 0 heterocycles. The van der Waals surface area contributed by atoms with Crippen molar-refractivity contribution in [3.8, 4) is 0 Å². The Morgan fingerprint density at radius 1 is 0.357 bits per heavy atom. The molecule has 4 heteroatoms. The fraction of sp³-hybridized carbons (Fsp3) is 1.00. The van der Waals surface area contributed by atoms with Crippen molar-refractivity contribution in [3.63, 3.8) is 0 Å². The lowest BCUT2D eigenvalue weighted by atomic mass is 10.1. The molecule has 0 amide bonds. The number of rotatable bonds is 19. The molecule has 174 valence electrons. The van der Waals surface area contributed by atoms with Gasteiger partial charge in [0.25, 0.3) is 0 Å². The van der Waals surface area contributed by atoms with Crippen LogP contribution in [0.25, 0.3) is 0 Å². The summed E-state index contributed by atoms with van der Waals surface area (Å²) in [4.78, 5) is 0. The highest BCUT2D eigenvalue weighted by Gasteiger charge is 2.17. The second-order valence-electron chi connectivity index (χ2n) is 10.0. The molecule has 0 N–H and O–H groups in total. The van der Waals surface area contributed by atoms with E-state index < -0.39 is 0 Å². The molecular formula is C24H54I2N2. The zero-order valence-electron chi connectivity index (χ0n) is 20.4. The van der Waals surface area contributed by atoms with Crippen LogP contribution in [0.2, 0.25) is 0 Å². The van der Waals surface area contributed by atoms with Crippen molar-refractivity contribution in [2.24, 2.45) is 0 Å². The molecule has 0 radical (unpaired) electrons. The largest absolute Gasteiger partial charge is 1.00 e. The topological polar surface area (TPSA) is 0 Å². The van der Waals surface area contributed by atoms with E-state index in [9.17, 15) is 0 Å². The number of nitrogens with zero attached hydrogens (tertiary/aromatic N) is 2. The smallest absolute Gasteiger partial charge is 0.0784 e. The van der Waals surface area contributed by atoms with Gasteiger partial charge in [-0.15, -0.1) is 0 Å². The van der Waals surface area contributed by atoms with Crippen molar-refractivity contribution in [1.82, 2.24) is 0 Å². The first-order valence-corrected chi connectivity index (χ1v) is 12.0.